The van der Waals surface area contributed by atoms with E-state index in [1.165, 1.54) is 17.6 Å². The quantitative estimate of drug-likeness (QED) is 0.414. The maximum Gasteiger partial charge on any atom is 0.329 e. The Hall–Kier alpha value is -3.39. The lowest BCUT2D eigenvalue weighted by Crippen LogP contribution is -2.32. The van der Waals surface area contributed by atoms with E-state index in [2.05, 4.69) is 26.0 Å². The summed E-state index contributed by atoms with van der Waals surface area (Å²) in [5.41, 5.74) is 6.12. The minimum Gasteiger partial charge on any atom is -0.292 e. The second-order valence-corrected chi connectivity index (χ2v) is 6.77. The van der Waals surface area contributed by atoms with Crippen molar-refractivity contribution >= 4 is 34.5 Å². The fraction of sp³-hybridized carbons (Fsp3) is 0.105. The molecule has 27 heavy (non-hydrogen) atoms. The summed E-state index contributed by atoms with van der Waals surface area (Å²) < 4.78 is 0. The molecule has 0 saturated carbocycles. The summed E-state index contributed by atoms with van der Waals surface area (Å²) in [7, 11) is 0. The van der Waals surface area contributed by atoms with Crippen molar-refractivity contribution in [2.45, 2.75) is 13.8 Å². The molecule has 2 amide bonds. The molecule has 0 atom stereocenters. The number of nitrogens with zero attached hydrogens (tertiary/aromatic N) is 3. The Bertz CT molecular complexity index is 998. The van der Waals surface area contributed by atoms with Gasteiger partial charge in [0.2, 0.25) is 5.13 Å². The molecule has 0 spiro atoms. The molecule has 0 radical (unpaired) electrons. The van der Waals surface area contributed by atoms with Crippen LogP contribution in [0.1, 0.15) is 16.7 Å². The van der Waals surface area contributed by atoms with Gasteiger partial charge in [0.15, 0.2) is 0 Å². The molecule has 3 rings (SSSR count). The molecule has 2 N–H and O–H groups in total. The van der Waals surface area contributed by atoms with Crippen LogP contribution in [0.5, 0.6) is 0 Å². The average Bonchev–Trinajstić information content (AvgIpc) is 3.12. The molecular formula is C19H17N5O2S. The Balaban J connectivity index is 1.57. The smallest absolute Gasteiger partial charge is 0.292 e. The van der Waals surface area contributed by atoms with Crippen LogP contribution in [0, 0.1) is 13.8 Å². The number of hydrogen-bond acceptors (Lipinski definition) is 6. The summed E-state index contributed by atoms with van der Waals surface area (Å²) in [6.45, 7) is 3.94. The number of amides is 2. The summed E-state index contributed by atoms with van der Waals surface area (Å²) in [4.78, 5) is 23.8. The highest BCUT2D eigenvalue weighted by molar-refractivity contribution is 7.18. The summed E-state index contributed by atoms with van der Waals surface area (Å²) in [5.74, 6) is -1.74. The van der Waals surface area contributed by atoms with Crippen molar-refractivity contribution in [3.8, 4) is 10.6 Å². The molecule has 3 aromatic rings. The van der Waals surface area contributed by atoms with Crippen LogP contribution in [0.3, 0.4) is 0 Å². The predicted molar refractivity (Wildman–Crippen MR) is 106 cm³/mol. The first kappa shape index (κ1) is 18.4. The molecule has 0 aliphatic rings. The lowest BCUT2D eigenvalue weighted by atomic mass is 10.1. The zero-order valence-electron chi connectivity index (χ0n) is 14.8. The van der Waals surface area contributed by atoms with E-state index in [9.17, 15) is 9.59 Å². The zero-order valence-corrected chi connectivity index (χ0v) is 15.6. The van der Waals surface area contributed by atoms with Gasteiger partial charge in [0.05, 0.1) is 6.21 Å². The SMILES string of the molecule is Cc1ccc(C=NNC(=O)C(=O)Nc2nnc(-c3ccccc3)s2)c(C)c1. The minimum atomic E-state index is -0.882. The van der Waals surface area contributed by atoms with E-state index < -0.39 is 11.8 Å². The molecule has 136 valence electrons. The maximum absolute atomic E-state index is 12.0. The molecule has 0 aliphatic carbocycles. The fourth-order valence-corrected chi connectivity index (χ4v) is 3.05. The van der Waals surface area contributed by atoms with Crippen molar-refractivity contribution in [2.75, 3.05) is 5.32 Å². The highest BCUT2D eigenvalue weighted by Crippen LogP contribution is 2.25. The Labute approximate surface area is 160 Å². The van der Waals surface area contributed by atoms with Gasteiger partial charge >= 0.3 is 11.8 Å². The van der Waals surface area contributed by atoms with Crippen LogP contribution >= 0.6 is 11.3 Å². The van der Waals surface area contributed by atoms with E-state index in [1.807, 2.05) is 62.4 Å². The van der Waals surface area contributed by atoms with Crippen LogP contribution in [0.15, 0.2) is 53.6 Å². The standard InChI is InChI=1S/C19H17N5O2S/c1-12-8-9-15(13(2)10-12)11-20-22-17(26)16(25)21-19-24-23-18(27-19)14-6-4-3-5-7-14/h3-11H,1-2H3,(H,22,26)(H,21,24,25). The normalized spacial score (nSPS) is 10.7. The van der Waals surface area contributed by atoms with Gasteiger partial charge in [-0.05, 0) is 25.0 Å². The average molecular weight is 379 g/mol. The van der Waals surface area contributed by atoms with Crippen LogP contribution < -0.4 is 10.7 Å². The van der Waals surface area contributed by atoms with Crippen LogP contribution in [0.2, 0.25) is 0 Å². The third-order valence-corrected chi connectivity index (χ3v) is 4.56. The predicted octanol–water partition coefficient (Wildman–Crippen LogP) is 2.91. The van der Waals surface area contributed by atoms with Crippen molar-refractivity contribution in [3.05, 3.63) is 65.2 Å². The number of carbonyl (C=O) groups excluding carboxylic acids is 2. The molecule has 0 bridgehead atoms. The van der Waals surface area contributed by atoms with Crippen LogP contribution in [0.4, 0.5) is 5.13 Å². The van der Waals surface area contributed by atoms with E-state index >= 15 is 0 Å². The molecule has 7 nitrogen and oxygen atoms in total. The minimum absolute atomic E-state index is 0.243. The number of nitrogens with one attached hydrogen (secondary N) is 2. The number of hydrogen-bond donors (Lipinski definition) is 2. The second kappa shape index (κ2) is 8.33. The molecular weight excluding hydrogens is 362 g/mol. The van der Waals surface area contributed by atoms with Gasteiger partial charge < -0.3 is 0 Å². The molecule has 1 aromatic heterocycles. The summed E-state index contributed by atoms with van der Waals surface area (Å²) in [5, 5.41) is 15.0. The van der Waals surface area contributed by atoms with Gasteiger partial charge in [-0.2, -0.15) is 5.10 Å². The Morgan fingerprint density at radius 2 is 1.81 bits per heavy atom. The molecule has 0 aliphatic heterocycles. The summed E-state index contributed by atoms with van der Waals surface area (Å²) in [6.07, 6.45) is 1.50. The molecule has 2 aromatic carbocycles. The molecule has 0 fully saturated rings. The third-order valence-electron chi connectivity index (χ3n) is 3.67. The Morgan fingerprint density at radius 1 is 1.04 bits per heavy atom. The Morgan fingerprint density at radius 3 is 2.56 bits per heavy atom. The van der Waals surface area contributed by atoms with E-state index in [1.54, 1.807) is 0 Å². The number of benzene rings is 2. The summed E-state index contributed by atoms with van der Waals surface area (Å²) in [6, 6.07) is 15.3. The van der Waals surface area contributed by atoms with Gasteiger partial charge in [-0.1, -0.05) is 65.4 Å². The van der Waals surface area contributed by atoms with E-state index in [-0.39, 0.29) is 5.13 Å². The fourth-order valence-electron chi connectivity index (χ4n) is 2.31. The van der Waals surface area contributed by atoms with E-state index in [4.69, 9.17) is 0 Å². The van der Waals surface area contributed by atoms with Gasteiger partial charge in [-0.15, -0.1) is 10.2 Å². The van der Waals surface area contributed by atoms with Gasteiger partial charge in [-0.3, -0.25) is 14.9 Å². The number of aryl methyl sites for hydroxylation is 2. The summed E-state index contributed by atoms with van der Waals surface area (Å²) >= 11 is 1.18. The number of hydrazone groups is 1. The lowest BCUT2D eigenvalue weighted by Gasteiger charge is -2.02. The van der Waals surface area contributed by atoms with Crippen molar-refractivity contribution in [2.24, 2.45) is 5.10 Å². The molecule has 8 heteroatoms. The molecule has 0 saturated heterocycles. The van der Waals surface area contributed by atoms with Crippen molar-refractivity contribution in [1.29, 1.82) is 0 Å². The Kier molecular flexibility index (Phi) is 5.68. The van der Waals surface area contributed by atoms with E-state index in [0.717, 1.165) is 22.3 Å². The number of anilines is 1. The van der Waals surface area contributed by atoms with Gasteiger partial charge in [-0.25, -0.2) is 5.43 Å². The first-order chi connectivity index (χ1) is 13.0. The first-order valence-electron chi connectivity index (χ1n) is 8.13. The second-order valence-electron chi connectivity index (χ2n) is 5.79. The topological polar surface area (TPSA) is 96.3 Å². The number of aromatic nitrogens is 2. The highest BCUT2D eigenvalue weighted by atomic mass is 32.1. The molecule has 0 unspecified atom stereocenters. The van der Waals surface area contributed by atoms with Crippen LogP contribution in [-0.2, 0) is 9.59 Å². The van der Waals surface area contributed by atoms with Crippen molar-refractivity contribution in [1.82, 2.24) is 15.6 Å². The highest BCUT2D eigenvalue weighted by Gasteiger charge is 2.16. The van der Waals surface area contributed by atoms with Crippen LogP contribution in [-0.4, -0.2) is 28.2 Å². The number of carbonyl (C=O) groups is 2. The van der Waals surface area contributed by atoms with Gasteiger partial charge in [0.25, 0.3) is 0 Å². The van der Waals surface area contributed by atoms with Gasteiger partial charge in [0, 0.05) is 5.56 Å². The zero-order chi connectivity index (χ0) is 19.2. The maximum atomic E-state index is 12.0. The largest absolute Gasteiger partial charge is 0.329 e. The lowest BCUT2D eigenvalue weighted by molar-refractivity contribution is -0.136. The van der Waals surface area contributed by atoms with Crippen LogP contribution in [0.25, 0.3) is 10.6 Å². The number of rotatable bonds is 4. The van der Waals surface area contributed by atoms with Gasteiger partial charge in [0.1, 0.15) is 5.01 Å². The first-order valence-corrected chi connectivity index (χ1v) is 8.95. The van der Waals surface area contributed by atoms with Crippen molar-refractivity contribution < 1.29 is 9.59 Å². The monoisotopic (exact) mass is 379 g/mol. The van der Waals surface area contributed by atoms with Crippen molar-refractivity contribution in [3.63, 3.8) is 0 Å². The van der Waals surface area contributed by atoms with E-state index in [0.29, 0.717) is 5.01 Å². The third kappa shape index (κ3) is 4.83. The molecule has 1 heterocycles.